The number of carbonyl (C=O) groups is 3. The van der Waals surface area contributed by atoms with Crippen molar-refractivity contribution in [3.8, 4) is 0 Å². The molecule has 18 heteroatoms. The van der Waals surface area contributed by atoms with Gasteiger partial charge in [-0.05, 0) is 161 Å². The van der Waals surface area contributed by atoms with Crippen LogP contribution in [0, 0.1) is 0 Å². The lowest BCUT2D eigenvalue weighted by Gasteiger charge is -2.21. The van der Waals surface area contributed by atoms with E-state index >= 15 is 0 Å². The summed E-state index contributed by atoms with van der Waals surface area (Å²) in [7, 11) is -9.82. The second kappa shape index (κ2) is 108. The van der Waals surface area contributed by atoms with E-state index in [0.29, 0.717) is 19.3 Å². The number of allylic oxidation sites excluding steroid dienone is 28. The van der Waals surface area contributed by atoms with Crippen molar-refractivity contribution in [1.82, 2.24) is 0 Å². The smallest absolute Gasteiger partial charge is 0.463 e. The zero-order chi connectivity index (χ0) is 97.8. The van der Waals surface area contributed by atoms with Gasteiger partial charge in [-0.15, -0.1) is 0 Å². The number of unbranched alkanes of at least 4 members (excludes halogenated alkanes) is 54. The third-order valence-corrected chi connectivity index (χ3v) is 25.8. The van der Waals surface area contributed by atoms with E-state index in [2.05, 4.69) is 191 Å². The Labute approximate surface area is 828 Å². The SMILES string of the molecule is CC/C=C\C/C=C\C/C=C\C/C=C\C/C=C\C/C=C\CCCCCCCCCCCCC(=O)OC(COC(=O)CCCCCCCCCCCCCCCCCCCCC/C=C\C/C=C\C/C=C\C/C=C\CCCCC)COP(=O)(O)OCC(O)COP(=O)(O)OCC(O)COC(=O)CCCCCCCCCCCCCCCCCCCCC/C=C\C/C=C\C/C=C\C/C=C\CCCCC. The highest BCUT2D eigenvalue weighted by atomic mass is 31.2. The number of aliphatic hydroxyl groups excluding tert-OH is 2. The lowest BCUT2D eigenvalue weighted by atomic mass is 10.0. The van der Waals surface area contributed by atoms with E-state index in [-0.39, 0.29) is 19.3 Å². The number of carbonyl (C=O) groups excluding carboxylic acids is 3. The molecule has 0 aliphatic carbocycles. The Kier molecular flexibility index (Phi) is 104. The minimum Gasteiger partial charge on any atom is -0.463 e. The normalized spacial score (nSPS) is 14.2. The predicted octanol–water partition coefficient (Wildman–Crippen LogP) is 35.7. The van der Waals surface area contributed by atoms with E-state index in [1.54, 1.807) is 0 Å². The van der Waals surface area contributed by atoms with Crippen LogP contribution in [0.4, 0.5) is 0 Å². The van der Waals surface area contributed by atoms with Gasteiger partial charge in [-0.3, -0.25) is 32.5 Å². The van der Waals surface area contributed by atoms with Crippen molar-refractivity contribution in [2.24, 2.45) is 0 Å². The minimum atomic E-state index is -4.95. The molecule has 0 aromatic carbocycles. The maximum atomic E-state index is 13.2. The summed E-state index contributed by atoms with van der Waals surface area (Å²) in [5.74, 6) is -1.56. The molecule has 0 spiro atoms. The van der Waals surface area contributed by atoms with Crippen molar-refractivity contribution in [3.05, 3.63) is 170 Å². The summed E-state index contributed by atoms with van der Waals surface area (Å²) in [5.41, 5.74) is 0. The van der Waals surface area contributed by atoms with E-state index < -0.39 is 91.5 Å². The van der Waals surface area contributed by atoms with Gasteiger partial charge in [0.15, 0.2) is 6.10 Å². The van der Waals surface area contributed by atoms with Crippen LogP contribution in [0.5, 0.6) is 0 Å². The van der Waals surface area contributed by atoms with Gasteiger partial charge in [-0.25, -0.2) is 9.13 Å². The van der Waals surface area contributed by atoms with Gasteiger partial charge in [0.1, 0.15) is 25.4 Å². The van der Waals surface area contributed by atoms with Crippen LogP contribution in [0.25, 0.3) is 0 Å². The van der Waals surface area contributed by atoms with E-state index in [9.17, 15) is 43.5 Å². The number of ether oxygens (including phenoxy) is 3. The highest BCUT2D eigenvalue weighted by Gasteiger charge is 2.30. The number of phosphoric acid groups is 2. The Morgan fingerprint density at radius 3 is 0.622 bits per heavy atom. The molecule has 0 aliphatic rings. The number of esters is 3. The molecule has 0 amide bonds. The Balaban J connectivity index is 4.58. The van der Waals surface area contributed by atoms with Crippen molar-refractivity contribution in [2.75, 3.05) is 39.6 Å². The van der Waals surface area contributed by atoms with Gasteiger partial charge in [-0.2, -0.15) is 0 Å². The molecule has 0 rings (SSSR count). The van der Waals surface area contributed by atoms with E-state index in [4.69, 9.17) is 32.3 Å². The molecule has 0 saturated carbocycles. The number of rotatable bonds is 105. The molecule has 16 nitrogen and oxygen atoms in total. The number of phosphoric ester groups is 2. The van der Waals surface area contributed by atoms with Crippen LogP contribution in [0.1, 0.15) is 496 Å². The first-order valence-corrected chi connectivity index (χ1v) is 58.4. The van der Waals surface area contributed by atoms with Crippen LogP contribution in [0.3, 0.4) is 0 Å². The molecule has 135 heavy (non-hydrogen) atoms. The maximum absolute atomic E-state index is 13.2. The molecule has 0 aliphatic heterocycles. The molecule has 0 aromatic rings. The standard InChI is InChI=1S/C117H204O16P2/c1-4-7-10-13-16-19-22-25-28-31-34-37-40-43-46-49-51-53-55-57-59-62-64-67-70-73-76-79-82-85-88-91-94-97-100-103-115(120)127-106-112(118)107-129-134(123,124)130-108-113(119)109-131-135(125,126)132-111-114(133-117(122)105-102-99-96-93-90-87-84-81-78-75-72-69-66-61-48-45-42-39-36-33-30-27-24-21-18-15-12-9-6-3)110-128-116(121)104-101-98-95-92-89-86-83-80-77-74-71-68-65-63-60-58-56-54-52-50-47-44-41-38-35-32-29-26-23-20-17-14-11-8-5-2/h9,12,16-21,25-30,34-39,43-48,66,69,112-114,118-119H,4-8,10-11,13-15,22-24,31-33,40-42,49-65,67-68,70-111H2,1-3H3,(H,123,124)(H,125,126)/b12-9-,19-16-,20-17-,21-18-,28-25-,29-26-,30-27-,37-34-,38-35-,39-36-,46-43-,47-44-,48-45-,69-66-. The number of hydrogen-bond donors (Lipinski definition) is 4. The molecular formula is C117H204O16P2. The predicted molar refractivity (Wildman–Crippen MR) is 574 cm³/mol. The molecule has 0 heterocycles. The van der Waals surface area contributed by atoms with Gasteiger partial charge in [0.25, 0.3) is 0 Å². The first-order chi connectivity index (χ1) is 66.2. The maximum Gasteiger partial charge on any atom is 0.472 e. The van der Waals surface area contributed by atoms with Gasteiger partial charge in [0.05, 0.1) is 26.4 Å². The summed E-state index contributed by atoms with van der Waals surface area (Å²) in [6.45, 7) is 2.60. The van der Waals surface area contributed by atoms with Crippen molar-refractivity contribution in [2.45, 2.75) is 514 Å². The summed E-state index contributed by atoms with van der Waals surface area (Å²) in [5, 5.41) is 20.8. The monoisotopic (exact) mass is 1930 g/mol. The molecule has 5 atom stereocenters. The first kappa shape index (κ1) is 130. The van der Waals surface area contributed by atoms with Crippen LogP contribution in [-0.2, 0) is 55.8 Å². The fourth-order valence-electron chi connectivity index (χ4n) is 15.5. The lowest BCUT2D eigenvalue weighted by Crippen LogP contribution is -2.30. The third kappa shape index (κ3) is 109. The van der Waals surface area contributed by atoms with Crippen LogP contribution in [-0.4, -0.2) is 95.9 Å². The number of aliphatic hydroxyl groups is 2. The first-order valence-electron chi connectivity index (χ1n) is 55.4. The Bertz CT molecular complexity index is 3140. The molecule has 0 bridgehead atoms. The Morgan fingerprint density at radius 2 is 0.393 bits per heavy atom. The summed E-state index contributed by atoms with van der Waals surface area (Å²) >= 11 is 0. The van der Waals surface area contributed by atoms with Crippen molar-refractivity contribution >= 4 is 33.6 Å². The van der Waals surface area contributed by atoms with E-state index in [1.807, 2.05) is 0 Å². The lowest BCUT2D eigenvalue weighted by molar-refractivity contribution is -0.161. The molecule has 0 aromatic heterocycles. The summed E-state index contributed by atoms with van der Waals surface area (Å²) < 4.78 is 61.8. The number of hydrogen-bond acceptors (Lipinski definition) is 14. The van der Waals surface area contributed by atoms with Gasteiger partial charge in [-0.1, -0.05) is 486 Å². The second-order valence-corrected chi connectivity index (χ2v) is 40.0. The molecule has 0 saturated heterocycles. The summed E-state index contributed by atoms with van der Waals surface area (Å²) in [6, 6.07) is 0. The molecule has 778 valence electrons. The molecule has 0 radical (unpaired) electrons. The third-order valence-electron chi connectivity index (χ3n) is 23.9. The second-order valence-electron chi connectivity index (χ2n) is 37.1. The van der Waals surface area contributed by atoms with Gasteiger partial charge in [0, 0.05) is 19.3 Å². The fourth-order valence-corrected chi connectivity index (χ4v) is 17.1. The van der Waals surface area contributed by atoms with Crippen LogP contribution >= 0.6 is 15.6 Å². The van der Waals surface area contributed by atoms with Crippen molar-refractivity contribution < 1.29 is 75.8 Å². The van der Waals surface area contributed by atoms with Crippen molar-refractivity contribution in [1.29, 1.82) is 0 Å². The average Bonchev–Trinajstić information content (AvgIpc) is 0.895. The highest BCUT2D eigenvalue weighted by Crippen LogP contribution is 2.45. The average molecular weight is 1930 g/mol. The molecule has 0 fully saturated rings. The van der Waals surface area contributed by atoms with Gasteiger partial charge >= 0.3 is 33.6 Å². The van der Waals surface area contributed by atoms with Crippen LogP contribution in [0.2, 0.25) is 0 Å². The summed E-state index contributed by atoms with van der Waals surface area (Å²) in [6.07, 6.45) is 143. The minimum absolute atomic E-state index is 0.0968. The molecular weight excluding hydrogens is 1720 g/mol. The van der Waals surface area contributed by atoms with Crippen LogP contribution in [0.15, 0.2) is 170 Å². The summed E-state index contributed by atoms with van der Waals surface area (Å²) in [4.78, 5) is 59.3. The van der Waals surface area contributed by atoms with Crippen LogP contribution < -0.4 is 0 Å². The Morgan fingerprint density at radius 1 is 0.215 bits per heavy atom. The zero-order valence-electron chi connectivity index (χ0n) is 86.5. The quantitative estimate of drug-likeness (QED) is 0.0146. The van der Waals surface area contributed by atoms with Gasteiger partial charge < -0.3 is 34.2 Å². The molecule has 4 N–H and O–H groups in total. The zero-order valence-corrected chi connectivity index (χ0v) is 88.3. The van der Waals surface area contributed by atoms with Gasteiger partial charge in [0.2, 0.25) is 0 Å². The molecule has 5 unspecified atom stereocenters. The largest absolute Gasteiger partial charge is 0.472 e. The van der Waals surface area contributed by atoms with Crippen molar-refractivity contribution in [3.63, 3.8) is 0 Å². The fraction of sp³-hybridized carbons (Fsp3) is 0.735. The Hall–Kier alpha value is -5.09. The topological polar surface area (TPSA) is 231 Å². The van der Waals surface area contributed by atoms with E-state index in [0.717, 1.165) is 148 Å². The highest BCUT2D eigenvalue weighted by molar-refractivity contribution is 7.47. The van der Waals surface area contributed by atoms with E-state index in [1.165, 1.54) is 289 Å².